The van der Waals surface area contributed by atoms with Crippen LogP contribution in [-0.4, -0.2) is 70.5 Å². The van der Waals surface area contributed by atoms with Gasteiger partial charge < -0.3 is 15.0 Å². The summed E-state index contributed by atoms with van der Waals surface area (Å²) in [4.78, 5) is 6.72. The number of likely N-dealkylation sites (tertiary alicyclic amines) is 1. The third-order valence-electron chi connectivity index (χ3n) is 3.55. The van der Waals surface area contributed by atoms with Gasteiger partial charge in [-0.25, -0.2) is 13.1 Å². The standard InChI is InChI=1S/C14H30N4O3S/c1-4-15-14(16-9-10-17-22(19,20)6-3)18-11-7-13(8-12-18)21-5-2/h13,17H,4-12H2,1-3H3,(H,15,16). The molecule has 1 saturated heterocycles. The molecule has 7 nitrogen and oxygen atoms in total. The molecular formula is C14H30N4O3S. The van der Waals surface area contributed by atoms with Crippen molar-refractivity contribution in [2.75, 3.05) is 45.1 Å². The van der Waals surface area contributed by atoms with Crippen LogP contribution in [0.1, 0.15) is 33.6 Å². The van der Waals surface area contributed by atoms with Gasteiger partial charge in [0.15, 0.2) is 5.96 Å². The summed E-state index contributed by atoms with van der Waals surface area (Å²) in [6.45, 7) is 9.83. The second kappa shape index (κ2) is 10.0. The third-order valence-corrected chi connectivity index (χ3v) is 4.96. The van der Waals surface area contributed by atoms with Gasteiger partial charge in [-0.1, -0.05) is 0 Å². The van der Waals surface area contributed by atoms with E-state index in [1.54, 1.807) is 6.92 Å². The molecule has 0 amide bonds. The zero-order valence-electron chi connectivity index (χ0n) is 14.0. The fraction of sp³-hybridized carbons (Fsp3) is 0.929. The molecule has 1 rings (SSSR count). The molecule has 1 aliphatic heterocycles. The maximum atomic E-state index is 11.4. The molecule has 0 spiro atoms. The van der Waals surface area contributed by atoms with Gasteiger partial charge >= 0.3 is 0 Å². The fourth-order valence-electron chi connectivity index (χ4n) is 2.36. The Morgan fingerprint density at radius 1 is 1.27 bits per heavy atom. The second-order valence-corrected chi connectivity index (χ2v) is 7.27. The number of ether oxygens (including phenoxy) is 1. The monoisotopic (exact) mass is 334 g/mol. The van der Waals surface area contributed by atoms with E-state index >= 15 is 0 Å². The van der Waals surface area contributed by atoms with E-state index in [0.717, 1.165) is 45.0 Å². The highest BCUT2D eigenvalue weighted by atomic mass is 32.2. The summed E-state index contributed by atoms with van der Waals surface area (Å²) < 4.78 is 30.9. The minimum Gasteiger partial charge on any atom is -0.378 e. The summed E-state index contributed by atoms with van der Waals surface area (Å²) >= 11 is 0. The zero-order valence-corrected chi connectivity index (χ0v) is 14.8. The van der Waals surface area contributed by atoms with Crippen molar-refractivity contribution in [3.63, 3.8) is 0 Å². The van der Waals surface area contributed by atoms with Crippen LogP contribution in [0.5, 0.6) is 0 Å². The molecule has 0 aliphatic carbocycles. The van der Waals surface area contributed by atoms with E-state index in [2.05, 4.69) is 19.9 Å². The van der Waals surface area contributed by atoms with Crippen molar-refractivity contribution in [3.05, 3.63) is 0 Å². The van der Waals surface area contributed by atoms with E-state index in [1.165, 1.54) is 0 Å². The van der Waals surface area contributed by atoms with Crippen LogP contribution < -0.4 is 10.0 Å². The number of nitrogens with one attached hydrogen (secondary N) is 2. The molecule has 22 heavy (non-hydrogen) atoms. The highest BCUT2D eigenvalue weighted by Gasteiger charge is 2.21. The number of sulfonamides is 1. The maximum Gasteiger partial charge on any atom is 0.211 e. The lowest BCUT2D eigenvalue weighted by Gasteiger charge is -2.34. The highest BCUT2D eigenvalue weighted by molar-refractivity contribution is 7.89. The minimum absolute atomic E-state index is 0.0989. The molecule has 0 aromatic rings. The smallest absolute Gasteiger partial charge is 0.211 e. The van der Waals surface area contributed by atoms with Gasteiger partial charge in [-0.2, -0.15) is 0 Å². The molecule has 8 heteroatoms. The van der Waals surface area contributed by atoms with Crippen LogP contribution in [0.3, 0.4) is 0 Å². The Labute approximate surface area is 134 Å². The summed E-state index contributed by atoms with van der Waals surface area (Å²) in [5.74, 6) is 0.954. The molecule has 0 aromatic heterocycles. The number of aliphatic imine (C=N–C) groups is 1. The Balaban J connectivity index is 2.46. The lowest BCUT2D eigenvalue weighted by molar-refractivity contribution is 0.0264. The van der Waals surface area contributed by atoms with Crippen LogP contribution in [0.25, 0.3) is 0 Å². The Morgan fingerprint density at radius 2 is 1.95 bits per heavy atom. The van der Waals surface area contributed by atoms with Gasteiger partial charge in [-0.05, 0) is 33.6 Å². The molecule has 1 fully saturated rings. The lowest BCUT2D eigenvalue weighted by atomic mass is 10.1. The highest BCUT2D eigenvalue weighted by Crippen LogP contribution is 2.13. The van der Waals surface area contributed by atoms with Crippen molar-refractivity contribution in [2.45, 2.75) is 39.7 Å². The van der Waals surface area contributed by atoms with Gasteiger partial charge in [0.1, 0.15) is 0 Å². The first-order chi connectivity index (χ1) is 10.5. The predicted molar refractivity (Wildman–Crippen MR) is 89.7 cm³/mol. The molecule has 0 saturated carbocycles. The topological polar surface area (TPSA) is 83.0 Å². The third kappa shape index (κ3) is 6.93. The quantitative estimate of drug-likeness (QED) is 0.381. The minimum atomic E-state index is -3.14. The Hall–Kier alpha value is -0.860. The van der Waals surface area contributed by atoms with Crippen LogP contribution in [0.15, 0.2) is 4.99 Å². The first kappa shape index (κ1) is 19.2. The van der Waals surface area contributed by atoms with Crippen LogP contribution in [0.2, 0.25) is 0 Å². The van der Waals surface area contributed by atoms with E-state index in [4.69, 9.17) is 4.74 Å². The van der Waals surface area contributed by atoms with Crippen molar-refractivity contribution in [1.29, 1.82) is 0 Å². The van der Waals surface area contributed by atoms with Crippen molar-refractivity contribution in [3.8, 4) is 0 Å². The number of nitrogens with zero attached hydrogens (tertiary/aromatic N) is 2. The Bertz CT molecular complexity index is 431. The largest absolute Gasteiger partial charge is 0.378 e. The molecular weight excluding hydrogens is 304 g/mol. The Kier molecular flexibility index (Phi) is 8.74. The summed E-state index contributed by atoms with van der Waals surface area (Å²) in [5, 5.41) is 3.27. The zero-order chi connectivity index (χ0) is 16.4. The molecule has 0 atom stereocenters. The number of hydrogen-bond acceptors (Lipinski definition) is 4. The van der Waals surface area contributed by atoms with Crippen molar-refractivity contribution in [1.82, 2.24) is 14.9 Å². The molecule has 1 heterocycles. The normalized spacial score (nSPS) is 17.8. The summed E-state index contributed by atoms with van der Waals surface area (Å²) in [6.07, 6.45) is 2.35. The maximum absolute atomic E-state index is 11.4. The summed E-state index contributed by atoms with van der Waals surface area (Å²) in [5.41, 5.74) is 0. The average molecular weight is 334 g/mol. The van der Waals surface area contributed by atoms with Gasteiger partial charge in [0.2, 0.25) is 10.0 Å². The van der Waals surface area contributed by atoms with Gasteiger partial charge in [0.25, 0.3) is 0 Å². The van der Waals surface area contributed by atoms with Gasteiger partial charge in [0, 0.05) is 32.8 Å². The lowest BCUT2D eigenvalue weighted by Crippen LogP contribution is -2.47. The van der Waals surface area contributed by atoms with Crippen LogP contribution in [-0.2, 0) is 14.8 Å². The summed E-state index contributed by atoms with van der Waals surface area (Å²) in [7, 11) is -3.14. The van der Waals surface area contributed by atoms with E-state index in [0.29, 0.717) is 19.2 Å². The number of rotatable bonds is 8. The molecule has 0 aromatic carbocycles. The number of hydrogen-bond donors (Lipinski definition) is 2. The van der Waals surface area contributed by atoms with Crippen molar-refractivity contribution in [2.24, 2.45) is 4.99 Å². The molecule has 2 N–H and O–H groups in total. The molecule has 0 radical (unpaired) electrons. The van der Waals surface area contributed by atoms with Gasteiger partial charge in [-0.15, -0.1) is 0 Å². The summed E-state index contributed by atoms with van der Waals surface area (Å²) in [6, 6.07) is 0. The van der Waals surface area contributed by atoms with Crippen LogP contribution in [0, 0.1) is 0 Å². The van der Waals surface area contributed by atoms with Gasteiger partial charge in [-0.3, -0.25) is 4.99 Å². The van der Waals surface area contributed by atoms with E-state index < -0.39 is 10.0 Å². The van der Waals surface area contributed by atoms with Crippen molar-refractivity contribution < 1.29 is 13.2 Å². The number of piperidine rings is 1. The Morgan fingerprint density at radius 3 is 2.50 bits per heavy atom. The average Bonchev–Trinajstić information content (AvgIpc) is 2.51. The van der Waals surface area contributed by atoms with Crippen LogP contribution >= 0.6 is 0 Å². The SMILES string of the molecule is CCNC(=NCCNS(=O)(=O)CC)N1CCC(OCC)CC1. The molecule has 1 aliphatic rings. The van der Waals surface area contributed by atoms with Gasteiger partial charge in [0.05, 0.1) is 18.4 Å². The van der Waals surface area contributed by atoms with Crippen molar-refractivity contribution >= 4 is 16.0 Å². The second-order valence-electron chi connectivity index (χ2n) is 5.18. The van der Waals surface area contributed by atoms with E-state index in [9.17, 15) is 8.42 Å². The molecule has 0 bridgehead atoms. The fourth-order valence-corrected chi connectivity index (χ4v) is 2.97. The van der Waals surface area contributed by atoms with Crippen LogP contribution in [0.4, 0.5) is 0 Å². The number of guanidine groups is 1. The predicted octanol–water partition coefficient (Wildman–Crippen LogP) is 0.392. The first-order valence-corrected chi connectivity index (χ1v) is 9.79. The van der Waals surface area contributed by atoms with E-state index in [1.807, 2.05) is 13.8 Å². The first-order valence-electron chi connectivity index (χ1n) is 8.14. The molecule has 0 unspecified atom stereocenters. The van der Waals surface area contributed by atoms with E-state index in [-0.39, 0.29) is 5.75 Å². The molecule has 130 valence electrons.